The first-order chi connectivity index (χ1) is 7.13. The average molecular weight is 216 g/mol. The van der Waals surface area contributed by atoms with Crippen molar-refractivity contribution in [3.05, 3.63) is 0 Å². The minimum absolute atomic E-state index is 0.0683. The molecular weight excluding hydrogens is 196 g/mol. The fourth-order valence-corrected chi connectivity index (χ4v) is 1.81. The summed E-state index contributed by atoms with van der Waals surface area (Å²) in [5.41, 5.74) is 5.23. The van der Waals surface area contributed by atoms with Crippen molar-refractivity contribution in [2.75, 3.05) is 33.4 Å². The summed E-state index contributed by atoms with van der Waals surface area (Å²) < 4.78 is 10.4. The third-order valence-electron chi connectivity index (χ3n) is 2.48. The second-order valence-electron chi connectivity index (χ2n) is 3.94. The van der Waals surface area contributed by atoms with Gasteiger partial charge in [-0.2, -0.15) is 0 Å². The topological polar surface area (TPSA) is 64.8 Å². The van der Waals surface area contributed by atoms with Gasteiger partial charge in [0.15, 0.2) is 0 Å². The van der Waals surface area contributed by atoms with Gasteiger partial charge in [0.2, 0.25) is 5.91 Å². The smallest absolute Gasteiger partial charge is 0.247 e. The normalized spacial score (nSPS) is 27.9. The van der Waals surface area contributed by atoms with Crippen molar-refractivity contribution in [2.24, 2.45) is 5.73 Å². The fourth-order valence-electron chi connectivity index (χ4n) is 1.81. The van der Waals surface area contributed by atoms with Gasteiger partial charge < -0.3 is 15.2 Å². The summed E-state index contributed by atoms with van der Waals surface area (Å²) in [6.07, 6.45) is 0.574. The van der Waals surface area contributed by atoms with Crippen LogP contribution in [-0.2, 0) is 14.3 Å². The first-order valence-electron chi connectivity index (χ1n) is 5.29. The van der Waals surface area contributed by atoms with E-state index in [2.05, 4.69) is 4.90 Å². The zero-order valence-electron chi connectivity index (χ0n) is 9.44. The molecule has 0 saturated carbocycles. The number of hydrogen-bond donors (Lipinski definition) is 1. The van der Waals surface area contributed by atoms with E-state index in [-0.39, 0.29) is 12.0 Å². The van der Waals surface area contributed by atoms with Gasteiger partial charge in [-0.05, 0) is 13.3 Å². The van der Waals surface area contributed by atoms with Crippen molar-refractivity contribution in [1.82, 2.24) is 4.90 Å². The summed E-state index contributed by atoms with van der Waals surface area (Å²) in [5, 5.41) is 0. The number of carbonyl (C=O) groups excluding carboxylic acids is 1. The summed E-state index contributed by atoms with van der Waals surface area (Å²) >= 11 is 0. The summed E-state index contributed by atoms with van der Waals surface area (Å²) in [5.74, 6) is -0.377. The second-order valence-corrected chi connectivity index (χ2v) is 3.94. The summed E-state index contributed by atoms with van der Waals surface area (Å²) in [4.78, 5) is 13.2. The van der Waals surface area contributed by atoms with Crippen LogP contribution >= 0.6 is 0 Å². The number of morpholine rings is 1. The molecule has 1 aliphatic heterocycles. The van der Waals surface area contributed by atoms with Crippen LogP contribution in [-0.4, -0.2) is 56.4 Å². The highest BCUT2D eigenvalue weighted by Crippen LogP contribution is 2.11. The van der Waals surface area contributed by atoms with Gasteiger partial charge in [0.25, 0.3) is 0 Å². The molecule has 1 amide bonds. The Hall–Kier alpha value is -0.650. The second kappa shape index (κ2) is 6.05. The van der Waals surface area contributed by atoms with Crippen LogP contribution in [0, 0.1) is 0 Å². The molecule has 5 nitrogen and oxygen atoms in total. The van der Waals surface area contributed by atoms with Gasteiger partial charge in [-0.25, -0.2) is 0 Å². The lowest BCUT2D eigenvalue weighted by molar-refractivity contribution is -0.142. The van der Waals surface area contributed by atoms with Gasteiger partial charge in [-0.3, -0.25) is 9.69 Å². The first-order valence-corrected chi connectivity index (χ1v) is 5.29. The molecule has 1 rings (SSSR count). The van der Waals surface area contributed by atoms with Gasteiger partial charge in [-0.1, -0.05) is 0 Å². The molecule has 0 radical (unpaired) electrons. The molecule has 1 heterocycles. The predicted molar refractivity (Wildman–Crippen MR) is 56.5 cm³/mol. The molecule has 0 aromatic carbocycles. The lowest BCUT2D eigenvalue weighted by atomic mass is 10.2. The maximum Gasteiger partial charge on any atom is 0.247 e. The quantitative estimate of drug-likeness (QED) is 0.635. The van der Waals surface area contributed by atoms with E-state index >= 15 is 0 Å². The molecule has 88 valence electrons. The van der Waals surface area contributed by atoms with Crippen molar-refractivity contribution >= 4 is 5.91 Å². The van der Waals surface area contributed by atoms with E-state index in [1.54, 1.807) is 7.11 Å². The molecule has 0 aliphatic carbocycles. The number of primary amides is 1. The van der Waals surface area contributed by atoms with Crippen LogP contribution in [0.25, 0.3) is 0 Å². The number of amides is 1. The molecule has 2 N–H and O–H groups in total. The number of rotatable bonds is 5. The molecule has 1 saturated heterocycles. The summed E-state index contributed by atoms with van der Waals surface area (Å²) in [6, 6.07) is 0. The van der Waals surface area contributed by atoms with Crippen LogP contribution in [0.4, 0.5) is 0 Å². The molecule has 15 heavy (non-hydrogen) atoms. The van der Waals surface area contributed by atoms with E-state index in [4.69, 9.17) is 15.2 Å². The Morgan fingerprint density at radius 1 is 1.60 bits per heavy atom. The number of hydrogen-bond acceptors (Lipinski definition) is 4. The SMILES string of the molecule is COCCCN1CC(C(N)=O)O[C@H](C)C1. The third-order valence-corrected chi connectivity index (χ3v) is 2.48. The lowest BCUT2D eigenvalue weighted by Gasteiger charge is -2.35. The molecule has 0 bridgehead atoms. The van der Waals surface area contributed by atoms with Gasteiger partial charge in [0.1, 0.15) is 6.10 Å². The molecule has 0 aromatic rings. The monoisotopic (exact) mass is 216 g/mol. The highest BCUT2D eigenvalue weighted by atomic mass is 16.5. The third kappa shape index (κ3) is 4.15. The van der Waals surface area contributed by atoms with Gasteiger partial charge >= 0.3 is 0 Å². The molecule has 0 spiro atoms. The molecular formula is C10H20N2O3. The number of nitrogens with two attached hydrogens (primary N) is 1. The van der Waals surface area contributed by atoms with Crippen molar-refractivity contribution in [3.63, 3.8) is 0 Å². The van der Waals surface area contributed by atoms with Crippen LogP contribution in [0.1, 0.15) is 13.3 Å². The molecule has 1 aliphatic rings. The Kier molecular flexibility index (Phi) is 5.01. The Labute approximate surface area is 90.5 Å². The van der Waals surface area contributed by atoms with Crippen molar-refractivity contribution < 1.29 is 14.3 Å². The van der Waals surface area contributed by atoms with Gasteiger partial charge in [0.05, 0.1) is 6.10 Å². The van der Waals surface area contributed by atoms with E-state index in [0.29, 0.717) is 6.54 Å². The molecule has 5 heteroatoms. The summed E-state index contributed by atoms with van der Waals surface area (Å²) in [6.45, 7) is 5.08. The minimum Gasteiger partial charge on any atom is -0.385 e. The average Bonchev–Trinajstić information content (AvgIpc) is 2.17. The number of methoxy groups -OCH3 is 1. The number of carbonyl (C=O) groups is 1. The zero-order valence-corrected chi connectivity index (χ0v) is 9.44. The largest absolute Gasteiger partial charge is 0.385 e. The Morgan fingerprint density at radius 2 is 2.33 bits per heavy atom. The Bertz CT molecular complexity index is 211. The van der Waals surface area contributed by atoms with Crippen LogP contribution in [0.2, 0.25) is 0 Å². The Morgan fingerprint density at radius 3 is 2.93 bits per heavy atom. The maximum atomic E-state index is 11.0. The number of ether oxygens (including phenoxy) is 2. The van der Waals surface area contributed by atoms with Crippen molar-refractivity contribution in [3.8, 4) is 0 Å². The van der Waals surface area contributed by atoms with E-state index in [9.17, 15) is 4.79 Å². The number of nitrogens with zero attached hydrogens (tertiary/aromatic N) is 1. The highest BCUT2D eigenvalue weighted by Gasteiger charge is 2.28. The summed E-state index contributed by atoms with van der Waals surface area (Å²) in [7, 11) is 1.69. The van der Waals surface area contributed by atoms with E-state index in [0.717, 1.165) is 26.1 Å². The van der Waals surface area contributed by atoms with E-state index < -0.39 is 6.10 Å². The highest BCUT2D eigenvalue weighted by molar-refractivity contribution is 5.79. The van der Waals surface area contributed by atoms with Crippen LogP contribution in [0.5, 0.6) is 0 Å². The first kappa shape index (κ1) is 12.4. The predicted octanol–water partition coefficient (Wildman–Crippen LogP) is -0.402. The van der Waals surface area contributed by atoms with Gasteiger partial charge in [-0.15, -0.1) is 0 Å². The minimum atomic E-state index is -0.462. The molecule has 2 atom stereocenters. The maximum absolute atomic E-state index is 11.0. The van der Waals surface area contributed by atoms with Gasteiger partial charge in [0, 0.05) is 33.4 Å². The molecule has 0 aromatic heterocycles. The van der Waals surface area contributed by atoms with Crippen molar-refractivity contribution in [1.29, 1.82) is 0 Å². The van der Waals surface area contributed by atoms with E-state index in [1.807, 2.05) is 6.92 Å². The molecule has 1 unspecified atom stereocenters. The fraction of sp³-hybridized carbons (Fsp3) is 0.900. The standard InChI is InChI=1S/C10H20N2O3/c1-8-6-12(4-3-5-14-2)7-9(15-8)10(11)13/h8-9H,3-7H2,1-2H3,(H2,11,13)/t8-,9?/m1/s1. The van der Waals surface area contributed by atoms with Crippen LogP contribution in [0.15, 0.2) is 0 Å². The lowest BCUT2D eigenvalue weighted by Crippen LogP contribution is -2.51. The van der Waals surface area contributed by atoms with E-state index in [1.165, 1.54) is 0 Å². The van der Waals surface area contributed by atoms with Crippen LogP contribution < -0.4 is 5.73 Å². The van der Waals surface area contributed by atoms with Crippen molar-refractivity contribution in [2.45, 2.75) is 25.6 Å². The Balaban J connectivity index is 2.34. The molecule has 1 fully saturated rings. The zero-order chi connectivity index (χ0) is 11.3. The van der Waals surface area contributed by atoms with Crippen LogP contribution in [0.3, 0.4) is 0 Å².